The molecule has 1 heterocycles. The number of rotatable bonds is 2. The molecular weight excluding hydrogens is 212 g/mol. The maximum atomic E-state index is 13.7. The van der Waals surface area contributed by atoms with Crippen molar-refractivity contribution < 1.29 is 13.5 Å². The number of halogens is 2. The number of hydrogen-bond acceptors (Lipinski definition) is 2. The van der Waals surface area contributed by atoms with Crippen LogP contribution in [0.3, 0.4) is 0 Å². The molecule has 2 N–H and O–H groups in total. The smallest absolute Gasteiger partial charge is 0.133 e. The standard InChI is InChI=1S/C12H13F2NO/c13-9-5-10(14)8(6-12(15)2-3-12)11-7(9)1-4-16-11/h5H,1-4,6,15H2. The molecule has 1 aliphatic carbocycles. The number of fused-ring (bicyclic) bond motifs is 1. The van der Waals surface area contributed by atoms with E-state index in [4.69, 9.17) is 10.5 Å². The third kappa shape index (κ3) is 1.48. The van der Waals surface area contributed by atoms with Gasteiger partial charge in [-0.2, -0.15) is 0 Å². The maximum absolute atomic E-state index is 13.7. The first-order valence-electron chi connectivity index (χ1n) is 5.50. The van der Waals surface area contributed by atoms with E-state index in [1.165, 1.54) is 0 Å². The van der Waals surface area contributed by atoms with Gasteiger partial charge in [0.05, 0.1) is 6.61 Å². The minimum Gasteiger partial charge on any atom is -0.492 e. The zero-order chi connectivity index (χ0) is 11.3. The SMILES string of the molecule is NC1(Cc2c(F)cc(F)c3c2OCC3)CC1. The van der Waals surface area contributed by atoms with Gasteiger partial charge in [-0.15, -0.1) is 0 Å². The predicted molar refractivity (Wildman–Crippen MR) is 55.4 cm³/mol. The number of ether oxygens (including phenoxy) is 1. The van der Waals surface area contributed by atoms with Gasteiger partial charge in [0.25, 0.3) is 0 Å². The summed E-state index contributed by atoms with van der Waals surface area (Å²) in [5, 5.41) is 0. The molecule has 0 aromatic heterocycles. The lowest BCUT2D eigenvalue weighted by atomic mass is 9.99. The predicted octanol–water partition coefficient (Wildman–Crippen LogP) is 1.93. The molecule has 0 radical (unpaired) electrons. The summed E-state index contributed by atoms with van der Waals surface area (Å²) in [6.07, 6.45) is 2.77. The van der Waals surface area contributed by atoms with Crippen LogP contribution in [0.25, 0.3) is 0 Å². The Morgan fingerprint density at radius 2 is 2.06 bits per heavy atom. The van der Waals surface area contributed by atoms with E-state index < -0.39 is 11.6 Å². The molecule has 0 unspecified atom stereocenters. The van der Waals surface area contributed by atoms with E-state index in [2.05, 4.69) is 0 Å². The summed E-state index contributed by atoms with van der Waals surface area (Å²) in [6.45, 7) is 0.431. The molecule has 1 saturated carbocycles. The van der Waals surface area contributed by atoms with Gasteiger partial charge >= 0.3 is 0 Å². The third-order valence-electron chi connectivity index (χ3n) is 3.40. The van der Waals surface area contributed by atoms with Gasteiger partial charge < -0.3 is 10.5 Å². The fourth-order valence-electron chi connectivity index (χ4n) is 2.20. The van der Waals surface area contributed by atoms with Gasteiger partial charge in [-0.05, 0) is 19.3 Å². The molecule has 1 aromatic rings. The summed E-state index contributed by atoms with van der Waals surface area (Å²) in [7, 11) is 0. The van der Waals surface area contributed by atoms with E-state index in [1.54, 1.807) is 0 Å². The van der Waals surface area contributed by atoms with E-state index in [1.807, 2.05) is 0 Å². The summed E-state index contributed by atoms with van der Waals surface area (Å²) in [5.74, 6) is -0.639. The lowest BCUT2D eigenvalue weighted by Gasteiger charge is -2.13. The molecule has 0 bridgehead atoms. The Labute approximate surface area is 92.4 Å². The first kappa shape index (κ1) is 10.0. The molecule has 0 saturated heterocycles. The van der Waals surface area contributed by atoms with Crippen LogP contribution in [-0.2, 0) is 12.8 Å². The molecule has 2 aliphatic rings. The largest absolute Gasteiger partial charge is 0.492 e. The fraction of sp³-hybridized carbons (Fsp3) is 0.500. The highest BCUT2D eigenvalue weighted by Gasteiger charge is 2.40. The molecule has 0 atom stereocenters. The van der Waals surface area contributed by atoms with Gasteiger partial charge in [-0.3, -0.25) is 0 Å². The van der Waals surface area contributed by atoms with Crippen LogP contribution < -0.4 is 10.5 Å². The summed E-state index contributed by atoms with van der Waals surface area (Å²) >= 11 is 0. The molecule has 0 amide bonds. The number of hydrogen-bond donors (Lipinski definition) is 1. The topological polar surface area (TPSA) is 35.2 Å². The lowest BCUT2D eigenvalue weighted by molar-refractivity contribution is 0.349. The number of benzene rings is 1. The van der Waals surface area contributed by atoms with Crippen molar-refractivity contribution in [2.75, 3.05) is 6.61 Å². The van der Waals surface area contributed by atoms with Crippen molar-refractivity contribution in [3.8, 4) is 5.75 Å². The van der Waals surface area contributed by atoms with Crippen molar-refractivity contribution in [3.05, 3.63) is 28.8 Å². The van der Waals surface area contributed by atoms with Crippen molar-refractivity contribution in [2.24, 2.45) is 5.73 Å². The van der Waals surface area contributed by atoms with E-state index in [-0.39, 0.29) is 5.54 Å². The van der Waals surface area contributed by atoms with Crippen LogP contribution in [0.2, 0.25) is 0 Å². The first-order chi connectivity index (χ1) is 7.59. The summed E-state index contributed by atoms with van der Waals surface area (Å²) < 4.78 is 32.4. The number of nitrogens with two attached hydrogens (primary N) is 1. The van der Waals surface area contributed by atoms with Crippen LogP contribution in [0.1, 0.15) is 24.0 Å². The molecule has 86 valence electrons. The highest BCUT2D eigenvalue weighted by molar-refractivity contribution is 5.47. The minimum absolute atomic E-state index is 0.293. The van der Waals surface area contributed by atoms with Gasteiger partial charge in [0.15, 0.2) is 0 Å². The van der Waals surface area contributed by atoms with Gasteiger partial charge in [0.2, 0.25) is 0 Å². The van der Waals surface area contributed by atoms with E-state index in [0.717, 1.165) is 18.9 Å². The van der Waals surface area contributed by atoms with Crippen molar-refractivity contribution in [3.63, 3.8) is 0 Å². The average Bonchev–Trinajstić information content (AvgIpc) is 2.79. The molecule has 16 heavy (non-hydrogen) atoms. The molecule has 1 aromatic carbocycles. The third-order valence-corrected chi connectivity index (χ3v) is 3.40. The molecule has 1 aliphatic heterocycles. The Morgan fingerprint density at radius 1 is 1.31 bits per heavy atom. The van der Waals surface area contributed by atoms with E-state index in [9.17, 15) is 8.78 Å². The Hall–Kier alpha value is -1.16. The lowest BCUT2D eigenvalue weighted by Crippen LogP contribution is -2.25. The quantitative estimate of drug-likeness (QED) is 0.834. The Balaban J connectivity index is 2.06. The molecule has 3 rings (SSSR count). The fourth-order valence-corrected chi connectivity index (χ4v) is 2.20. The van der Waals surface area contributed by atoms with Crippen LogP contribution in [0.4, 0.5) is 8.78 Å². The maximum Gasteiger partial charge on any atom is 0.133 e. The average molecular weight is 225 g/mol. The second-order valence-corrected chi connectivity index (χ2v) is 4.76. The Kier molecular flexibility index (Phi) is 1.98. The second-order valence-electron chi connectivity index (χ2n) is 4.76. The van der Waals surface area contributed by atoms with Crippen LogP contribution in [-0.4, -0.2) is 12.1 Å². The van der Waals surface area contributed by atoms with Crippen molar-refractivity contribution in [1.82, 2.24) is 0 Å². The van der Waals surface area contributed by atoms with Crippen LogP contribution in [0.15, 0.2) is 6.07 Å². The van der Waals surface area contributed by atoms with Gasteiger partial charge in [0.1, 0.15) is 17.4 Å². The Morgan fingerprint density at radius 3 is 2.75 bits per heavy atom. The van der Waals surface area contributed by atoms with E-state index in [0.29, 0.717) is 36.3 Å². The molecule has 1 fully saturated rings. The minimum atomic E-state index is -0.533. The summed E-state index contributed by atoms with van der Waals surface area (Å²) in [5.41, 5.74) is 6.62. The van der Waals surface area contributed by atoms with Crippen LogP contribution in [0, 0.1) is 11.6 Å². The van der Waals surface area contributed by atoms with E-state index >= 15 is 0 Å². The van der Waals surface area contributed by atoms with Crippen LogP contribution >= 0.6 is 0 Å². The van der Waals surface area contributed by atoms with Gasteiger partial charge in [-0.25, -0.2) is 8.78 Å². The van der Waals surface area contributed by atoms with Gasteiger partial charge in [0, 0.05) is 29.2 Å². The second kappa shape index (κ2) is 3.17. The Bertz CT molecular complexity index is 455. The zero-order valence-electron chi connectivity index (χ0n) is 8.85. The van der Waals surface area contributed by atoms with Crippen LogP contribution in [0.5, 0.6) is 5.75 Å². The monoisotopic (exact) mass is 225 g/mol. The van der Waals surface area contributed by atoms with Gasteiger partial charge in [-0.1, -0.05) is 0 Å². The molecule has 4 heteroatoms. The van der Waals surface area contributed by atoms with Crippen molar-refractivity contribution in [1.29, 1.82) is 0 Å². The summed E-state index contributed by atoms with van der Waals surface area (Å²) in [4.78, 5) is 0. The zero-order valence-corrected chi connectivity index (χ0v) is 8.85. The first-order valence-corrected chi connectivity index (χ1v) is 5.50. The highest BCUT2D eigenvalue weighted by atomic mass is 19.1. The molecule has 2 nitrogen and oxygen atoms in total. The van der Waals surface area contributed by atoms with Crippen molar-refractivity contribution in [2.45, 2.75) is 31.2 Å². The molecular formula is C12H13F2NO. The summed E-state index contributed by atoms with van der Waals surface area (Å²) in [6, 6.07) is 0.953. The normalized spacial score (nSPS) is 20.4. The van der Waals surface area contributed by atoms with Crippen molar-refractivity contribution >= 4 is 0 Å². The molecule has 0 spiro atoms. The highest BCUT2D eigenvalue weighted by Crippen LogP contribution is 2.41.